The summed E-state index contributed by atoms with van der Waals surface area (Å²) in [6.07, 6.45) is -1.14. The zero-order valence-corrected chi connectivity index (χ0v) is 14.6. The number of nitrogens with one attached hydrogen (secondary N) is 2. The highest BCUT2D eigenvalue weighted by Gasteiger charge is 2.23. The Morgan fingerprint density at radius 2 is 1.89 bits per heavy atom. The summed E-state index contributed by atoms with van der Waals surface area (Å²) in [5.41, 5.74) is 0.900. The minimum atomic E-state index is -1.14. The highest BCUT2D eigenvalue weighted by atomic mass is 16.6. The third kappa shape index (κ3) is 4.79. The fourth-order valence-corrected chi connectivity index (χ4v) is 2.18. The lowest BCUT2D eigenvalue weighted by Gasteiger charge is -2.15. The van der Waals surface area contributed by atoms with Crippen molar-refractivity contribution in [3.8, 4) is 6.07 Å². The van der Waals surface area contributed by atoms with Crippen LogP contribution < -0.4 is 10.6 Å². The van der Waals surface area contributed by atoms with E-state index in [1.807, 2.05) is 6.07 Å². The third-order valence-electron chi connectivity index (χ3n) is 3.64. The maximum absolute atomic E-state index is 12.3. The fraction of sp³-hybridized carbons (Fsp3) is 0.167. The molecule has 0 unspecified atom stereocenters. The number of anilines is 2. The predicted octanol–water partition coefficient (Wildman–Crippen LogP) is 2.69. The van der Waals surface area contributed by atoms with Crippen LogP contribution in [0.25, 0.3) is 0 Å². The number of nitro groups is 1. The average molecular weight is 368 g/mol. The van der Waals surface area contributed by atoms with Gasteiger partial charge in [-0.1, -0.05) is 0 Å². The standard InChI is InChI=1S/C18H16N4O5/c1-11(17(23)21-13-5-3-12(10-19)4-6-13)27-18(24)15-9-14(22(25)26)7-8-16(15)20-2/h3-9,11,20H,1-2H3,(H,21,23)/t11-/m1/s1. The molecule has 0 spiro atoms. The number of ether oxygens (including phenoxy) is 1. The van der Waals surface area contributed by atoms with Crippen LogP contribution in [0.4, 0.5) is 17.1 Å². The highest BCUT2D eigenvalue weighted by molar-refractivity contribution is 6.00. The third-order valence-corrected chi connectivity index (χ3v) is 3.64. The molecule has 1 amide bonds. The molecule has 2 rings (SSSR count). The van der Waals surface area contributed by atoms with Crippen LogP contribution >= 0.6 is 0 Å². The van der Waals surface area contributed by atoms with Crippen molar-refractivity contribution in [2.45, 2.75) is 13.0 Å². The molecule has 9 nitrogen and oxygen atoms in total. The van der Waals surface area contributed by atoms with Gasteiger partial charge in [-0.2, -0.15) is 5.26 Å². The summed E-state index contributed by atoms with van der Waals surface area (Å²) in [5.74, 6) is -1.45. The topological polar surface area (TPSA) is 134 Å². The predicted molar refractivity (Wildman–Crippen MR) is 97.3 cm³/mol. The van der Waals surface area contributed by atoms with Crippen molar-refractivity contribution < 1.29 is 19.2 Å². The van der Waals surface area contributed by atoms with Crippen LogP contribution in [-0.4, -0.2) is 30.0 Å². The summed E-state index contributed by atoms with van der Waals surface area (Å²) in [7, 11) is 1.55. The first-order valence-electron chi connectivity index (χ1n) is 7.84. The van der Waals surface area contributed by atoms with Crippen molar-refractivity contribution in [3.63, 3.8) is 0 Å². The Labute approximate surface area is 154 Å². The van der Waals surface area contributed by atoms with Crippen molar-refractivity contribution in [1.82, 2.24) is 0 Å². The molecule has 0 aromatic heterocycles. The molecule has 138 valence electrons. The van der Waals surface area contributed by atoms with E-state index in [0.717, 1.165) is 6.07 Å². The van der Waals surface area contributed by atoms with Crippen molar-refractivity contribution in [1.29, 1.82) is 5.26 Å². The number of hydrogen-bond acceptors (Lipinski definition) is 7. The Morgan fingerprint density at radius 3 is 2.44 bits per heavy atom. The largest absolute Gasteiger partial charge is 0.449 e. The number of carbonyl (C=O) groups excluding carboxylic acids is 2. The van der Waals surface area contributed by atoms with Gasteiger partial charge in [-0.25, -0.2) is 4.79 Å². The minimum absolute atomic E-state index is 0.0512. The first-order chi connectivity index (χ1) is 12.8. The van der Waals surface area contributed by atoms with E-state index in [0.29, 0.717) is 16.9 Å². The van der Waals surface area contributed by atoms with Gasteiger partial charge in [0.15, 0.2) is 6.10 Å². The first-order valence-corrected chi connectivity index (χ1v) is 7.84. The second-order valence-corrected chi connectivity index (χ2v) is 5.46. The molecule has 2 aromatic rings. The van der Waals surface area contributed by atoms with E-state index >= 15 is 0 Å². The molecule has 0 aliphatic carbocycles. The van der Waals surface area contributed by atoms with Crippen LogP contribution in [0, 0.1) is 21.4 Å². The zero-order valence-electron chi connectivity index (χ0n) is 14.6. The van der Waals surface area contributed by atoms with Gasteiger partial charge in [-0.05, 0) is 37.3 Å². The summed E-state index contributed by atoms with van der Waals surface area (Å²) in [4.78, 5) is 34.8. The Morgan fingerprint density at radius 1 is 1.22 bits per heavy atom. The maximum Gasteiger partial charge on any atom is 0.341 e. The Kier molecular flexibility index (Phi) is 6.06. The number of amides is 1. The summed E-state index contributed by atoms with van der Waals surface area (Å²) in [5, 5.41) is 25.0. The van der Waals surface area contributed by atoms with Crippen molar-refractivity contribution in [2.75, 3.05) is 17.7 Å². The van der Waals surface area contributed by atoms with Crippen molar-refractivity contribution in [2.24, 2.45) is 0 Å². The number of benzene rings is 2. The Bertz CT molecular complexity index is 918. The van der Waals surface area contributed by atoms with E-state index in [4.69, 9.17) is 10.00 Å². The number of non-ortho nitro benzene ring substituents is 1. The van der Waals surface area contributed by atoms with E-state index < -0.39 is 22.9 Å². The molecule has 0 heterocycles. The molecular formula is C18H16N4O5. The Balaban J connectivity index is 2.10. The smallest absolute Gasteiger partial charge is 0.341 e. The molecule has 2 N–H and O–H groups in total. The number of nitriles is 1. The number of rotatable bonds is 6. The summed E-state index contributed by atoms with van der Waals surface area (Å²) >= 11 is 0. The number of esters is 1. The number of nitrogens with zero attached hydrogens (tertiary/aromatic N) is 2. The van der Waals surface area contributed by atoms with Crippen LogP contribution in [0.5, 0.6) is 0 Å². The number of carbonyl (C=O) groups is 2. The molecule has 27 heavy (non-hydrogen) atoms. The van der Waals surface area contributed by atoms with E-state index in [9.17, 15) is 19.7 Å². The molecule has 9 heteroatoms. The summed E-state index contributed by atoms with van der Waals surface area (Å²) in [6, 6.07) is 11.8. The van der Waals surface area contributed by atoms with Crippen LogP contribution in [0.15, 0.2) is 42.5 Å². The zero-order chi connectivity index (χ0) is 20.0. The molecule has 0 radical (unpaired) electrons. The van der Waals surface area contributed by atoms with Crippen molar-refractivity contribution >= 4 is 28.9 Å². The average Bonchev–Trinajstić information content (AvgIpc) is 2.67. The second kappa shape index (κ2) is 8.44. The van der Waals surface area contributed by atoms with Crippen LogP contribution in [0.1, 0.15) is 22.8 Å². The SMILES string of the molecule is CNc1ccc([N+](=O)[O-])cc1C(=O)O[C@H](C)C(=O)Nc1ccc(C#N)cc1. The lowest BCUT2D eigenvalue weighted by Crippen LogP contribution is -2.30. The number of nitro benzene ring substituents is 1. The van der Waals surface area contributed by atoms with Gasteiger partial charge in [0, 0.05) is 30.6 Å². The normalized spacial score (nSPS) is 11.0. The molecule has 0 fully saturated rings. The lowest BCUT2D eigenvalue weighted by molar-refractivity contribution is -0.384. The van der Waals surface area contributed by atoms with Crippen LogP contribution in [-0.2, 0) is 9.53 Å². The van der Waals surface area contributed by atoms with Gasteiger partial charge in [-0.15, -0.1) is 0 Å². The molecule has 0 saturated heterocycles. The molecule has 0 aliphatic rings. The van der Waals surface area contributed by atoms with Crippen molar-refractivity contribution in [3.05, 3.63) is 63.7 Å². The van der Waals surface area contributed by atoms with Gasteiger partial charge in [0.1, 0.15) is 0 Å². The highest BCUT2D eigenvalue weighted by Crippen LogP contribution is 2.23. The molecule has 0 bridgehead atoms. The monoisotopic (exact) mass is 368 g/mol. The lowest BCUT2D eigenvalue weighted by atomic mass is 10.1. The molecular weight excluding hydrogens is 352 g/mol. The molecule has 0 saturated carbocycles. The number of hydrogen-bond donors (Lipinski definition) is 2. The Hall–Kier alpha value is -3.93. The maximum atomic E-state index is 12.3. The molecule has 2 aromatic carbocycles. The van der Waals surface area contributed by atoms with Crippen LogP contribution in [0.2, 0.25) is 0 Å². The van der Waals surface area contributed by atoms with E-state index in [1.54, 1.807) is 19.2 Å². The van der Waals surface area contributed by atoms with Gasteiger partial charge >= 0.3 is 5.97 Å². The second-order valence-electron chi connectivity index (χ2n) is 5.46. The van der Waals surface area contributed by atoms with Gasteiger partial charge < -0.3 is 15.4 Å². The van der Waals surface area contributed by atoms with Gasteiger partial charge in [0.2, 0.25) is 0 Å². The summed E-state index contributed by atoms with van der Waals surface area (Å²) in [6.45, 7) is 1.38. The van der Waals surface area contributed by atoms with Gasteiger partial charge in [0.05, 0.1) is 22.1 Å². The summed E-state index contributed by atoms with van der Waals surface area (Å²) < 4.78 is 5.13. The fourth-order valence-electron chi connectivity index (χ4n) is 2.18. The van der Waals surface area contributed by atoms with E-state index in [-0.39, 0.29) is 11.3 Å². The quantitative estimate of drug-likeness (QED) is 0.455. The van der Waals surface area contributed by atoms with E-state index in [2.05, 4.69) is 10.6 Å². The van der Waals surface area contributed by atoms with E-state index in [1.165, 1.54) is 31.2 Å². The van der Waals surface area contributed by atoms with Crippen LogP contribution in [0.3, 0.4) is 0 Å². The van der Waals surface area contributed by atoms with Gasteiger partial charge in [0.25, 0.3) is 11.6 Å². The van der Waals surface area contributed by atoms with Gasteiger partial charge in [-0.3, -0.25) is 14.9 Å². The first kappa shape index (κ1) is 19.4. The molecule has 0 aliphatic heterocycles. The minimum Gasteiger partial charge on any atom is -0.449 e. The molecule has 1 atom stereocenters.